The Balaban J connectivity index is 1.62. The van der Waals surface area contributed by atoms with Crippen molar-refractivity contribution in [2.24, 2.45) is 13.0 Å². The molecule has 0 spiro atoms. The van der Waals surface area contributed by atoms with Gasteiger partial charge in [-0.15, -0.1) is 0 Å². The molecule has 1 aliphatic rings. The molecule has 1 heterocycles. The second-order valence-corrected chi connectivity index (χ2v) is 6.80. The highest BCUT2D eigenvalue weighted by Gasteiger charge is 2.36. The molecule has 0 radical (unpaired) electrons. The van der Waals surface area contributed by atoms with Crippen LogP contribution in [0.4, 0.5) is 0 Å². The van der Waals surface area contributed by atoms with Crippen LogP contribution in [0.1, 0.15) is 42.0 Å². The second-order valence-electron chi connectivity index (χ2n) is 6.80. The first kappa shape index (κ1) is 16.7. The predicted octanol–water partition coefficient (Wildman–Crippen LogP) is 2.29. The number of aliphatic hydroxyl groups is 1. The van der Waals surface area contributed by atoms with Crippen LogP contribution in [-0.4, -0.2) is 26.9 Å². The molecule has 1 unspecified atom stereocenters. The van der Waals surface area contributed by atoms with Crippen molar-refractivity contribution < 1.29 is 9.90 Å². The molecular weight excluding hydrogens is 302 g/mol. The molecule has 0 aliphatic heterocycles. The van der Waals surface area contributed by atoms with E-state index in [0.29, 0.717) is 6.42 Å². The lowest BCUT2D eigenvalue weighted by Gasteiger charge is -2.37. The van der Waals surface area contributed by atoms with Gasteiger partial charge in [0.2, 0.25) is 5.91 Å². The highest BCUT2D eigenvalue weighted by molar-refractivity contribution is 5.76. The van der Waals surface area contributed by atoms with Gasteiger partial charge >= 0.3 is 0 Å². The summed E-state index contributed by atoms with van der Waals surface area (Å²) < 4.78 is 1.75. The first-order chi connectivity index (χ1) is 11.5. The van der Waals surface area contributed by atoms with Crippen LogP contribution < -0.4 is 5.32 Å². The number of aromatic nitrogens is 2. The summed E-state index contributed by atoms with van der Waals surface area (Å²) in [4.78, 5) is 12.4. The largest absolute Gasteiger partial charge is 0.393 e. The Bertz CT molecular complexity index is 704. The van der Waals surface area contributed by atoms with E-state index >= 15 is 0 Å². The summed E-state index contributed by atoms with van der Waals surface area (Å²) in [7, 11) is 1.87. The van der Waals surface area contributed by atoms with E-state index in [9.17, 15) is 9.90 Å². The number of hydrogen-bond acceptors (Lipinski definition) is 3. The molecule has 5 nitrogen and oxygen atoms in total. The molecular formula is C19H25N3O2. The molecule has 1 saturated carbocycles. The molecule has 0 saturated heterocycles. The van der Waals surface area contributed by atoms with Crippen molar-refractivity contribution in [3.63, 3.8) is 0 Å². The highest BCUT2D eigenvalue weighted by atomic mass is 16.3. The number of aliphatic hydroxyl groups excluding tert-OH is 1. The van der Waals surface area contributed by atoms with Crippen LogP contribution in [0.3, 0.4) is 0 Å². The normalized spacial score (nSPS) is 21.1. The molecule has 1 amide bonds. The van der Waals surface area contributed by atoms with E-state index in [0.717, 1.165) is 24.8 Å². The Hall–Kier alpha value is -2.14. The summed E-state index contributed by atoms with van der Waals surface area (Å²) in [5, 5.41) is 17.0. The van der Waals surface area contributed by atoms with E-state index in [-0.39, 0.29) is 24.0 Å². The minimum Gasteiger partial charge on any atom is -0.393 e. The second kappa shape index (κ2) is 7.18. The van der Waals surface area contributed by atoms with E-state index in [1.807, 2.05) is 25.4 Å². The van der Waals surface area contributed by atoms with Gasteiger partial charge in [-0.3, -0.25) is 9.48 Å². The predicted molar refractivity (Wildman–Crippen MR) is 92.3 cm³/mol. The summed E-state index contributed by atoms with van der Waals surface area (Å²) in [6.07, 6.45) is 6.18. The smallest absolute Gasteiger partial charge is 0.220 e. The highest BCUT2D eigenvalue weighted by Crippen LogP contribution is 2.38. The van der Waals surface area contributed by atoms with Gasteiger partial charge in [0, 0.05) is 25.2 Å². The molecule has 2 N–H and O–H groups in total. The van der Waals surface area contributed by atoms with Crippen LogP contribution in [-0.2, 0) is 18.3 Å². The summed E-state index contributed by atoms with van der Waals surface area (Å²) in [5.74, 6) is 0.333. The number of amides is 1. The van der Waals surface area contributed by atoms with Gasteiger partial charge in [-0.25, -0.2) is 0 Å². The third-order valence-electron chi connectivity index (χ3n) is 4.90. The van der Waals surface area contributed by atoms with Gasteiger partial charge in [-0.05, 0) is 43.2 Å². The lowest BCUT2D eigenvalue weighted by Crippen LogP contribution is -2.41. The van der Waals surface area contributed by atoms with E-state index in [1.165, 1.54) is 11.1 Å². The number of aryl methyl sites for hydroxylation is 3. The van der Waals surface area contributed by atoms with Crippen molar-refractivity contribution in [3.05, 3.63) is 53.3 Å². The van der Waals surface area contributed by atoms with E-state index < -0.39 is 0 Å². The molecule has 1 aromatic carbocycles. The Morgan fingerprint density at radius 2 is 2.17 bits per heavy atom. The third-order valence-corrected chi connectivity index (χ3v) is 4.90. The van der Waals surface area contributed by atoms with Gasteiger partial charge in [-0.1, -0.05) is 24.3 Å². The maximum absolute atomic E-state index is 12.4. The Kier molecular flexibility index (Phi) is 5.00. The monoisotopic (exact) mass is 327 g/mol. The van der Waals surface area contributed by atoms with Gasteiger partial charge in [0.05, 0.1) is 18.3 Å². The summed E-state index contributed by atoms with van der Waals surface area (Å²) in [6.45, 7) is 2.07. The molecule has 1 aromatic heterocycles. The van der Waals surface area contributed by atoms with E-state index in [4.69, 9.17) is 0 Å². The zero-order valence-corrected chi connectivity index (χ0v) is 14.3. The number of nitrogens with zero attached hydrogens (tertiary/aromatic N) is 2. The van der Waals surface area contributed by atoms with Crippen molar-refractivity contribution >= 4 is 5.91 Å². The number of hydrogen-bond donors (Lipinski definition) is 2. The van der Waals surface area contributed by atoms with Gasteiger partial charge in [0.15, 0.2) is 0 Å². The zero-order chi connectivity index (χ0) is 17.1. The standard InChI is InChI=1S/C19H25N3O2/c1-13-5-3-4-6-14(13)7-8-18(24)21-19(15-9-17(23)10-15)16-11-20-22(2)12-16/h3-6,11-12,15,17,19,23H,7-10H2,1-2H3,(H,21,24). The topological polar surface area (TPSA) is 67.2 Å². The number of nitrogens with one attached hydrogen (secondary N) is 1. The fourth-order valence-corrected chi connectivity index (χ4v) is 3.36. The summed E-state index contributed by atoms with van der Waals surface area (Å²) in [5.41, 5.74) is 3.44. The first-order valence-electron chi connectivity index (χ1n) is 8.53. The Morgan fingerprint density at radius 3 is 2.79 bits per heavy atom. The lowest BCUT2D eigenvalue weighted by molar-refractivity contribution is -0.123. The average molecular weight is 327 g/mol. The third kappa shape index (κ3) is 3.85. The van der Waals surface area contributed by atoms with Gasteiger partial charge in [0.1, 0.15) is 0 Å². The zero-order valence-electron chi connectivity index (χ0n) is 14.3. The van der Waals surface area contributed by atoms with Crippen LogP contribution in [0, 0.1) is 12.8 Å². The number of carbonyl (C=O) groups is 1. The quantitative estimate of drug-likeness (QED) is 0.855. The fraction of sp³-hybridized carbons (Fsp3) is 0.474. The van der Waals surface area contributed by atoms with Crippen molar-refractivity contribution in [3.8, 4) is 0 Å². The number of rotatable bonds is 6. The molecule has 1 atom stereocenters. The minimum absolute atomic E-state index is 0.0495. The fourth-order valence-electron chi connectivity index (χ4n) is 3.36. The summed E-state index contributed by atoms with van der Waals surface area (Å²) in [6, 6.07) is 8.10. The van der Waals surface area contributed by atoms with Gasteiger partial charge in [0.25, 0.3) is 0 Å². The first-order valence-corrected chi connectivity index (χ1v) is 8.53. The van der Waals surface area contributed by atoms with Crippen molar-refractivity contribution in [2.45, 2.75) is 44.8 Å². The van der Waals surface area contributed by atoms with Crippen LogP contribution in [0.5, 0.6) is 0 Å². The van der Waals surface area contributed by atoms with Gasteiger partial charge in [-0.2, -0.15) is 5.10 Å². The van der Waals surface area contributed by atoms with E-state index in [2.05, 4.69) is 29.5 Å². The molecule has 24 heavy (non-hydrogen) atoms. The van der Waals surface area contributed by atoms with Gasteiger partial charge < -0.3 is 10.4 Å². The minimum atomic E-state index is -0.238. The number of benzene rings is 1. The van der Waals surface area contributed by atoms with Crippen LogP contribution in [0.15, 0.2) is 36.7 Å². The van der Waals surface area contributed by atoms with Crippen LogP contribution in [0.2, 0.25) is 0 Å². The lowest BCUT2D eigenvalue weighted by atomic mass is 9.75. The maximum Gasteiger partial charge on any atom is 0.220 e. The summed E-state index contributed by atoms with van der Waals surface area (Å²) >= 11 is 0. The molecule has 5 heteroatoms. The van der Waals surface area contributed by atoms with Crippen LogP contribution in [0.25, 0.3) is 0 Å². The van der Waals surface area contributed by atoms with E-state index in [1.54, 1.807) is 10.9 Å². The molecule has 128 valence electrons. The Morgan fingerprint density at radius 1 is 1.42 bits per heavy atom. The molecule has 2 aromatic rings. The van der Waals surface area contributed by atoms with Crippen LogP contribution >= 0.6 is 0 Å². The molecule has 3 rings (SSSR count). The SMILES string of the molecule is Cc1ccccc1CCC(=O)NC(c1cnn(C)c1)C1CC(O)C1. The maximum atomic E-state index is 12.4. The molecule has 1 fully saturated rings. The van der Waals surface area contributed by atoms with Crippen molar-refractivity contribution in [1.29, 1.82) is 0 Å². The van der Waals surface area contributed by atoms with Crippen molar-refractivity contribution in [2.75, 3.05) is 0 Å². The van der Waals surface area contributed by atoms with Crippen molar-refractivity contribution in [1.82, 2.24) is 15.1 Å². The molecule has 1 aliphatic carbocycles. The average Bonchev–Trinajstić information content (AvgIpc) is 2.95. The molecule has 0 bridgehead atoms. The number of carbonyl (C=O) groups excluding carboxylic acids is 1. The Labute approximate surface area is 142 Å².